The van der Waals surface area contributed by atoms with Crippen molar-refractivity contribution >= 4 is 46.7 Å². The Balaban J connectivity index is 0.952. The van der Waals surface area contributed by atoms with Gasteiger partial charge in [-0.2, -0.15) is 0 Å². The standard InChI is InChI=1S/C42H42N8O6S2/c1-55-41(53)47-35(25-11-5-3-6-12-25)39(51)49-21-9-15-29(49)37-43-23-27(45-37)31-17-19-33(57-31)34-20-18-32(58-34)28-24-44-38(46-28)30-16-10-22-50(30)40(52)36(48-42(54)56-2)26-13-7-4-8-14-26/h3-8,11-14,17-20,23-24,29-30,35-36H,9-10,15-16,21-22H2,1-2H3,(H,43,45)(H,44,46)(H,47,53)(H,48,54)/t29-,30?,35+,36+/m0/s1. The third kappa shape index (κ3) is 7.97. The fraction of sp³-hybridized carbons (Fsp3) is 0.286. The number of H-pyrrole nitrogens is 2. The number of likely N-dealkylation sites (tertiary alicyclic amines) is 2. The van der Waals surface area contributed by atoms with E-state index in [9.17, 15) is 19.2 Å². The van der Waals surface area contributed by atoms with E-state index in [2.05, 4.69) is 44.9 Å². The number of ether oxygens (including phenoxy) is 2. The van der Waals surface area contributed by atoms with Gasteiger partial charge in [-0.25, -0.2) is 19.6 Å². The number of methoxy groups -OCH3 is 2. The molecule has 14 nitrogen and oxygen atoms in total. The monoisotopic (exact) mass is 818 g/mol. The average Bonchev–Trinajstić information content (AvgIpc) is 4.11. The van der Waals surface area contributed by atoms with Crippen LogP contribution in [0, 0.1) is 0 Å². The van der Waals surface area contributed by atoms with Crippen molar-refractivity contribution in [3.05, 3.63) is 120 Å². The SMILES string of the molecule is COC(=O)N[C@@H](C(=O)N1CCCC1c1ncc(-c2ccc(-c3ccc(-c4cnc([C@@H]5CCCN5C(=O)[C@H](NC(=O)OC)c5ccccc5)[nH]4)s3)s2)[nH]1)c1ccccc1. The lowest BCUT2D eigenvalue weighted by molar-refractivity contribution is -0.135. The number of aromatic amines is 2. The van der Waals surface area contributed by atoms with E-state index in [-0.39, 0.29) is 23.9 Å². The van der Waals surface area contributed by atoms with Crippen molar-refractivity contribution < 1.29 is 28.7 Å². The van der Waals surface area contributed by atoms with Gasteiger partial charge in [0.25, 0.3) is 11.8 Å². The number of hydrogen-bond donors (Lipinski definition) is 4. The minimum atomic E-state index is -0.885. The number of carbonyl (C=O) groups excluding carboxylic acids is 4. The summed E-state index contributed by atoms with van der Waals surface area (Å²) in [7, 11) is 2.56. The number of thiophene rings is 2. The Bertz CT molecular complexity index is 2220. The van der Waals surface area contributed by atoms with Crippen LogP contribution in [0.15, 0.2) is 97.3 Å². The van der Waals surface area contributed by atoms with Gasteiger partial charge in [-0.1, -0.05) is 60.7 Å². The minimum absolute atomic E-state index is 0.216. The molecule has 6 aromatic rings. The van der Waals surface area contributed by atoms with E-state index < -0.39 is 24.3 Å². The lowest BCUT2D eigenvalue weighted by atomic mass is 10.1. The summed E-state index contributed by atoms with van der Waals surface area (Å²) in [5.74, 6) is 0.970. The summed E-state index contributed by atoms with van der Waals surface area (Å²) in [4.78, 5) is 76.5. The molecule has 6 heterocycles. The second-order valence-electron chi connectivity index (χ2n) is 14.0. The van der Waals surface area contributed by atoms with Crippen molar-refractivity contribution in [2.75, 3.05) is 27.3 Å². The molecule has 58 heavy (non-hydrogen) atoms. The van der Waals surface area contributed by atoms with Crippen LogP contribution in [0.5, 0.6) is 0 Å². The Morgan fingerprint density at radius 2 is 1.02 bits per heavy atom. The number of amides is 4. The molecule has 2 aliphatic heterocycles. The van der Waals surface area contributed by atoms with Gasteiger partial charge >= 0.3 is 12.2 Å². The first-order valence-corrected chi connectivity index (χ1v) is 20.6. The van der Waals surface area contributed by atoms with Crippen LogP contribution in [-0.4, -0.2) is 81.0 Å². The number of rotatable bonds is 11. The maximum Gasteiger partial charge on any atom is 0.407 e. The Morgan fingerprint density at radius 1 is 0.621 bits per heavy atom. The highest BCUT2D eigenvalue weighted by Crippen LogP contribution is 2.42. The summed E-state index contributed by atoms with van der Waals surface area (Å²) in [6.07, 6.45) is 5.39. The normalized spacial score (nSPS) is 17.5. The van der Waals surface area contributed by atoms with Crippen molar-refractivity contribution in [3.8, 4) is 30.9 Å². The molecule has 4 aromatic heterocycles. The number of benzene rings is 2. The quantitative estimate of drug-likeness (QED) is 0.103. The highest BCUT2D eigenvalue weighted by molar-refractivity contribution is 7.25. The number of nitrogens with one attached hydrogen (secondary N) is 4. The Morgan fingerprint density at radius 3 is 1.41 bits per heavy atom. The molecule has 298 valence electrons. The lowest BCUT2D eigenvalue weighted by Gasteiger charge is -2.28. The molecule has 2 aliphatic rings. The molecule has 2 fully saturated rings. The molecule has 0 radical (unpaired) electrons. The van der Waals surface area contributed by atoms with Crippen molar-refractivity contribution in [1.82, 2.24) is 40.4 Å². The summed E-state index contributed by atoms with van der Waals surface area (Å²) in [5, 5.41) is 5.43. The first kappa shape index (κ1) is 38.6. The van der Waals surface area contributed by atoms with Gasteiger partial charge < -0.3 is 39.9 Å². The van der Waals surface area contributed by atoms with E-state index in [0.29, 0.717) is 35.9 Å². The van der Waals surface area contributed by atoms with E-state index in [0.717, 1.165) is 56.6 Å². The predicted molar refractivity (Wildman–Crippen MR) is 220 cm³/mol. The first-order valence-electron chi connectivity index (χ1n) is 19.0. The van der Waals surface area contributed by atoms with Crippen LogP contribution in [0.3, 0.4) is 0 Å². The molecule has 0 aliphatic carbocycles. The van der Waals surface area contributed by atoms with Gasteiger partial charge in [-0.15, -0.1) is 22.7 Å². The maximum atomic E-state index is 13.9. The highest BCUT2D eigenvalue weighted by Gasteiger charge is 2.38. The van der Waals surface area contributed by atoms with Crippen molar-refractivity contribution in [3.63, 3.8) is 0 Å². The van der Waals surface area contributed by atoms with Gasteiger partial charge in [-0.3, -0.25) is 9.59 Å². The average molecular weight is 819 g/mol. The zero-order valence-corrected chi connectivity index (χ0v) is 33.5. The van der Waals surface area contributed by atoms with E-state index in [1.54, 1.807) is 32.5 Å². The van der Waals surface area contributed by atoms with E-state index in [1.807, 2.05) is 73.1 Å². The number of carbonyl (C=O) groups is 4. The largest absolute Gasteiger partial charge is 0.453 e. The van der Waals surface area contributed by atoms with Crippen LogP contribution in [0.2, 0.25) is 0 Å². The first-order chi connectivity index (χ1) is 28.3. The van der Waals surface area contributed by atoms with Gasteiger partial charge in [0.15, 0.2) is 0 Å². The molecule has 2 aromatic carbocycles. The van der Waals surface area contributed by atoms with E-state index in [1.165, 1.54) is 14.2 Å². The summed E-state index contributed by atoms with van der Waals surface area (Å²) in [6, 6.07) is 24.4. The van der Waals surface area contributed by atoms with Crippen molar-refractivity contribution in [2.45, 2.75) is 49.9 Å². The molecule has 1 unspecified atom stereocenters. The number of imidazole rings is 2. The number of aromatic nitrogens is 4. The number of hydrogen-bond acceptors (Lipinski definition) is 10. The molecule has 4 amide bonds. The maximum absolute atomic E-state index is 13.9. The van der Waals surface area contributed by atoms with Crippen molar-refractivity contribution in [2.24, 2.45) is 0 Å². The number of alkyl carbamates (subject to hydrolysis) is 2. The van der Waals surface area contributed by atoms with Crippen LogP contribution in [0.1, 0.15) is 72.6 Å². The zero-order chi connectivity index (χ0) is 40.2. The zero-order valence-electron chi connectivity index (χ0n) is 31.8. The smallest absolute Gasteiger partial charge is 0.407 e. The molecule has 0 saturated carbocycles. The van der Waals surface area contributed by atoms with Crippen LogP contribution in [0.25, 0.3) is 30.9 Å². The lowest BCUT2D eigenvalue weighted by Crippen LogP contribution is -2.42. The molecule has 4 atom stereocenters. The fourth-order valence-corrected chi connectivity index (χ4v) is 9.71. The number of nitrogens with zero attached hydrogens (tertiary/aromatic N) is 4. The second-order valence-corrected chi connectivity index (χ2v) is 16.2. The minimum Gasteiger partial charge on any atom is -0.453 e. The molecule has 2 saturated heterocycles. The Labute approximate surface area is 342 Å². The fourth-order valence-electron chi connectivity index (χ4n) is 7.67. The molecule has 8 rings (SSSR count). The summed E-state index contributed by atoms with van der Waals surface area (Å²) in [6.45, 7) is 1.10. The van der Waals surface area contributed by atoms with E-state index in [4.69, 9.17) is 19.4 Å². The van der Waals surface area contributed by atoms with Gasteiger partial charge in [0.05, 0.1) is 59.8 Å². The second kappa shape index (κ2) is 17.1. The molecular formula is C42H42N8O6S2. The third-order valence-electron chi connectivity index (χ3n) is 10.5. The summed E-state index contributed by atoms with van der Waals surface area (Å²) in [5.41, 5.74) is 3.07. The molecule has 0 bridgehead atoms. The van der Waals surface area contributed by atoms with E-state index >= 15 is 0 Å². The molecule has 4 N–H and O–H groups in total. The Hall–Kier alpha value is -6.26. The summed E-state index contributed by atoms with van der Waals surface area (Å²) < 4.78 is 9.66. The molecule has 16 heteroatoms. The van der Waals surface area contributed by atoms with Crippen molar-refractivity contribution in [1.29, 1.82) is 0 Å². The van der Waals surface area contributed by atoms with Gasteiger partial charge in [0, 0.05) is 22.8 Å². The van der Waals surface area contributed by atoms with Crippen LogP contribution >= 0.6 is 22.7 Å². The predicted octanol–water partition coefficient (Wildman–Crippen LogP) is 7.78. The van der Waals surface area contributed by atoms with Crippen LogP contribution in [0.4, 0.5) is 9.59 Å². The van der Waals surface area contributed by atoms with Crippen LogP contribution < -0.4 is 10.6 Å². The third-order valence-corrected chi connectivity index (χ3v) is 13.0. The summed E-state index contributed by atoms with van der Waals surface area (Å²) >= 11 is 3.29. The van der Waals surface area contributed by atoms with Crippen LogP contribution in [-0.2, 0) is 19.1 Å². The van der Waals surface area contributed by atoms with Gasteiger partial charge in [-0.05, 0) is 61.1 Å². The Kier molecular flexibility index (Phi) is 11.4. The van der Waals surface area contributed by atoms with Gasteiger partial charge in [0.2, 0.25) is 0 Å². The topological polar surface area (TPSA) is 175 Å². The highest BCUT2D eigenvalue weighted by atomic mass is 32.1. The molecular weight excluding hydrogens is 777 g/mol. The van der Waals surface area contributed by atoms with Gasteiger partial charge in [0.1, 0.15) is 23.7 Å². The molecule has 0 spiro atoms.